The number of nitrogens with one attached hydrogen (secondary N) is 4. The van der Waals surface area contributed by atoms with Crippen LogP contribution in [0.2, 0.25) is 0 Å². The van der Waals surface area contributed by atoms with Gasteiger partial charge in [-0.1, -0.05) is 88.2 Å². The maximum Gasteiger partial charge on any atom is 0.310 e. The summed E-state index contributed by atoms with van der Waals surface area (Å²) in [6.45, 7) is 6.09. The SMILES string of the molecule is COc1cc(CC(=O)NCC(=O)NC(C)Cc2ccc(C(F)(F)PO)cc2)ccc1O.Cc1ccc(C(=O)NCCCCC(NC=O)C(N)=O)cc1Br.Cc1ccccc1. The molecule has 13 nitrogen and oxygen atoms in total. The average Bonchev–Trinajstić information content (AvgIpc) is 3.22. The first kappa shape index (κ1) is 50.7. The molecule has 3 atom stereocenters. The summed E-state index contributed by atoms with van der Waals surface area (Å²) in [5, 5.41) is 20.0. The minimum atomic E-state index is -3.26. The van der Waals surface area contributed by atoms with E-state index in [1.807, 2.05) is 31.2 Å². The van der Waals surface area contributed by atoms with Gasteiger partial charge in [-0.25, -0.2) is 0 Å². The van der Waals surface area contributed by atoms with E-state index in [1.165, 1.54) is 43.0 Å². The Morgan fingerprint density at radius 1 is 0.917 bits per heavy atom. The van der Waals surface area contributed by atoms with Gasteiger partial charge < -0.3 is 41.7 Å². The molecule has 0 aromatic heterocycles. The summed E-state index contributed by atoms with van der Waals surface area (Å²) in [6, 6.07) is 24.9. The first-order valence-electron chi connectivity index (χ1n) is 18.8. The van der Waals surface area contributed by atoms with Gasteiger partial charge in [0.15, 0.2) is 11.5 Å². The minimum Gasteiger partial charge on any atom is -0.504 e. The summed E-state index contributed by atoms with van der Waals surface area (Å²) in [7, 11) is -0.0982. The third-order valence-corrected chi connectivity index (χ3v) is 10.1. The second kappa shape index (κ2) is 26.6. The number of ether oxygens (including phenoxy) is 1. The Hall–Kier alpha value is -5.44. The van der Waals surface area contributed by atoms with Crippen LogP contribution in [0.1, 0.15) is 64.4 Å². The Kier molecular flexibility index (Phi) is 22.5. The van der Waals surface area contributed by atoms with Crippen molar-refractivity contribution >= 4 is 54.8 Å². The molecular formula is C43H53BrF2N5O8P. The van der Waals surface area contributed by atoms with Crippen molar-refractivity contribution in [1.29, 1.82) is 0 Å². The standard InChI is InChI=1S/C21H25F2N2O5P.C15H20BrN3O3.C7H8/c1-13(9-14-3-6-16(7-4-14)21(22,23)31-29)25-20(28)12-24-19(27)11-15-5-8-17(26)18(10-15)30-2;1-10-5-6-11(8-12(10)16)15(22)18-7-3-2-4-13(14(17)21)19-9-20;1-7-5-3-2-4-6-7/h3-8,10,13,26,29,31H,9,11-12H2,1-2H3,(H,24,27)(H,25,28);5-6,8-9,13H,2-4,7H2,1H3,(H2,17,21)(H,18,22)(H,19,20);2-6H,1H3. The number of halogens is 3. The molecule has 0 saturated heterocycles. The van der Waals surface area contributed by atoms with E-state index in [0.29, 0.717) is 49.8 Å². The highest BCUT2D eigenvalue weighted by Gasteiger charge is 2.30. The quantitative estimate of drug-likeness (QED) is 0.0352. The number of primary amides is 1. The fraction of sp³-hybridized carbons (Fsp3) is 0.326. The van der Waals surface area contributed by atoms with E-state index in [2.05, 4.69) is 56.3 Å². The largest absolute Gasteiger partial charge is 0.504 e. The van der Waals surface area contributed by atoms with Crippen LogP contribution in [0.3, 0.4) is 0 Å². The smallest absolute Gasteiger partial charge is 0.310 e. The molecular weight excluding hydrogens is 863 g/mol. The van der Waals surface area contributed by atoms with Gasteiger partial charge in [-0.2, -0.15) is 8.78 Å². The number of phenols is 1. The molecule has 0 aliphatic carbocycles. The Morgan fingerprint density at radius 2 is 1.58 bits per heavy atom. The number of nitrogens with two attached hydrogens (primary N) is 1. The van der Waals surface area contributed by atoms with Crippen molar-refractivity contribution in [2.75, 3.05) is 20.2 Å². The van der Waals surface area contributed by atoms with Gasteiger partial charge in [-0.3, -0.25) is 24.0 Å². The first-order chi connectivity index (χ1) is 28.5. The number of carbonyl (C=O) groups excluding carboxylic acids is 5. The maximum absolute atomic E-state index is 13.4. The molecule has 0 aliphatic rings. The molecule has 0 radical (unpaired) electrons. The van der Waals surface area contributed by atoms with Crippen LogP contribution in [0.15, 0.2) is 95.5 Å². The molecule has 8 N–H and O–H groups in total. The highest BCUT2D eigenvalue weighted by Crippen LogP contribution is 2.42. The Labute approximate surface area is 359 Å². The van der Waals surface area contributed by atoms with Crippen molar-refractivity contribution in [3.05, 3.63) is 129 Å². The van der Waals surface area contributed by atoms with Crippen LogP contribution in [-0.2, 0) is 37.7 Å². The highest BCUT2D eigenvalue weighted by atomic mass is 79.9. The molecule has 0 bridgehead atoms. The lowest BCUT2D eigenvalue weighted by molar-refractivity contribution is -0.126. The molecule has 4 aromatic rings. The number of aryl methyl sites for hydroxylation is 2. The predicted octanol–water partition coefficient (Wildman–Crippen LogP) is 5.69. The van der Waals surface area contributed by atoms with E-state index < -0.39 is 26.4 Å². The van der Waals surface area contributed by atoms with Crippen LogP contribution in [0.5, 0.6) is 11.5 Å². The summed E-state index contributed by atoms with van der Waals surface area (Å²) in [5.41, 5.74) is 5.98. The fourth-order valence-electron chi connectivity index (χ4n) is 5.34. The van der Waals surface area contributed by atoms with Crippen molar-refractivity contribution in [2.24, 2.45) is 5.73 Å². The lowest BCUT2D eigenvalue weighted by atomic mass is 10.1. The van der Waals surface area contributed by atoms with E-state index in [-0.39, 0.29) is 53.8 Å². The second-order valence-electron chi connectivity index (χ2n) is 13.6. The number of rotatable bonds is 19. The van der Waals surface area contributed by atoms with Crippen molar-refractivity contribution in [3.63, 3.8) is 0 Å². The predicted molar refractivity (Wildman–Crippen MR) is 232 cm³/mol. The summed E-state index contributed by atoms with van der Waals surface area (Å²) >= 11 is 3.39. The number of benzene rings is 4. The molecule has 5 amide bonds. The number of aromatic hydroxyl groups is 1. The minimum absolute atomic E-state index is 0.0187. The van der Waals surface area contributed by atoms with E-state index in [0.717, 1.165) is 15.6 Å². The van der Waals surface area contributed by atoms with Gasteiger partial charge >= 0.3 is 5.66 Å². The summed E-state index contributed by atoms with van der Waals surface area (Å²) in [6.07, 6.45) is 2.73. The number of alkyl halides is 2. The number of hydrogen-bond donors (Lipinski definition) is 7. The zero-order chi connectivity index (χ0) is 44.7. The van der Waals surface area contributed by atoms with Gasteiger partial charge in [-0.15, -0.1) is 0 Å². The topological polar surface area (TPSA) is 209 Å². The molecule has 0 fully saturated rings. The molecule has 0 saturated carbocycles. The number of unbranched alkanes of at least 4 members (excludes halogenated alkanes) is 1. The van der Waals surface area contributed by atoms with Gasteiger partial charge in [0.2, 0.25) is 24.1 Å². The summed E-state index contributed by atoms with van der Waals surface area (Å²) in [4.78, 5) is 66.2. The lowest BCUT2D eigenvalue weighted by Crippen LogP contribution is -2.42. The van der Waals surface area contributed by atoms with E-state index in [9.17, 15) is 37.9 Å². The van der Waals surface area contributed by atoms with Crippen molar-refractivity contribution in [1.82, 2.24) is 21.3 Å². The molecule has 4 aromatic carbocycles. The van der Waals surface area contributed by atoms with Crippen LogP contribution in [0, 0.1) is 13.8 Å². The van der Waals surface area contributed by atoms with Gasteiger partial charge in [0, 0.05) is 28.2 Å². The molecule has 0 heterocycles. The van der Waals surface area contributed by atoms with Gasteiger partial charge in [0.1, 0.15) is 6.04 Å². The van der Waals surface area contributed by atoms with E-state index >= 15 is 0 Å². The Balaban J connectivity index is 0.000000369. The lowest BCUT2D eigenvalue weighted by Gasteiger charge is -2.16. The number of hydrogen-bond acceptors (Lipinski definition) is 8. The fourth-order valence-corrected chi connectivity index (χ4v) is 6.01. The van der Waals surface area contributed by atoms with Crippen LogP contribution in [-0.4, -0.2) is 72.3 Å². The maximum atomic E-state index is 13.4. The molecule has 4 rings (SSSR count). The monoisotopic (exact) mass is 915 g/mol. The number of carbonyl (C=O) groups is 5. The highest BCUT2D eigenvalue weighted by molar-refractivity contribution is 9.10. The molecule has 3 unspecified atom stereocenters. The number of methoxy groups -OCH3 is 1. The zero-order valence-corrected chi connectivity index (χ0v) is 36.5. The third-order valence-electron chi connectivity index (χ3n) is 8.65. The normalized spacial score (nSPS) is 11.7. The van der Waals surface area contributed by atoms with Crippen LogP contribution in [0.4, 0.5) is 8.78 Å². The van der Waals surface area contributed by atoms with Crippen LogP contribution >= 0.6 is 24.7 Å². The molecule has 60 heavy (non-hydrogen) atoms. The van der Waals surface area contributed by atoms with Crippen molar-refractivity contribution < 1.29 is 47.5 Å². The van der Waals surface area contributed by atoms with Crippen molar-refractivity contribution in [2.45, 2.75) is 70.6 Å². The van der Waals surface area contributed by atoms with E-state index in [4.69, 9.17) is 15.4 Å². The third kappa shape index (κ3) is 19.1. The van der Waals surface area contributed by atoms with Gasteiger partial charge in [-0.05, 0) is 87.4 Å². The van der Waals surface area contributed by atoms with Crippen molar-refractivity contribution in [3.8, 4) is 11.5 Å². The van der Waals surface area contributed by atoms with Gasteiger partial charge in [0.05, 0.1) is 28.9 Å². The average molecular weight is 917 g/mol. The molecule has 324 valence electrons. The second-order valence-corrected chi connectivity index (χ2v) is 15.3. The Bertz CT molecular complexity index is 1990. The number of amides is 5. The zero-order valence-electron chi connectivity index (χ0n) is 33.9. The Morgan fingerprint density at radius 3 is 2.15 bits per heavy atom. The van der Waals surface area contributed by atoms with Crippen LogP contribution < -0.4 is 31.7 Å². The number of phenolic OH excluding ortho intramolecular Hbond substituents is 1. The molecule has 0 spiro atoms. The molecule has 0 aliphatic heterocycles. The summed E-state index contributed by atoms with van der Waals surface area (Å²) in [5.74, 6) is -1.22. The van der Waals surface area contributed by atoms with Crippen LogP contribution in [0.25, 0.3) is 0 Å². The molecule has 17 heteroatoms. The summed E-state index contributed by atoms with van der Waals surface area (Å²) < 4.78 is 32.8. The van der Waals surface area contributed by atoms with E-state index in [1.54, 1.807) is 31.2 Å². The first-order valence-corrected chi connectivity index (χ1v) is 20.6. The van der Waals surface area contributed by atoms with Gasteiger partial charge in [0.25, 0.3) is 5.91 Å².